The third-order valence-electron chi connectivity index (χ3n) is 6.37. The molecule has 1 saturated heterocycles. The lowest BCUT2D eigenvalue weighted by Gasteiger charge is -2.22. The number of primary amides is 1. The van der Waals surface area contributed by atoms with Crippen molar-refractivity contribution in [3.05, 3.63) is 58.9 Å². The van der Waals surface area contributed by atoms with E-state index < -0.39 is 5.91 Å². The highest BCUT2D eigenvalue weighted by Gasteiger charge is 2.24. The van der Waals surface area contributed by atoms with Crippen LogP contribution in [0.3, 0.4) is 0 Å². The number of benzene rings is 1. The van der Waals surface area contributed by atoms with Crippen molar-refractivity contribution in [2.75, 3.05) is 25.9 Å². The number of nitrogen functional groups attached to an aromatic ring is 1. The molecule has 1 aromatic carbocycles. The summed E-state index contributed by atoms with van der Waals surface area (Å²) in [5.41, 5.74) is 15.0. The monoisotopic (exact) mass is 464 g/mol. The number of carbonyl (C=O) groups is 2. The number of hydrogen-bond donors (Lipinski definition) is 4. The quantitative estimate of drug-likeness (QED) is 0.472. The highest BCUT2D eigenvalue weighted by molar-refractivity contribution is 6.03. The molecule has 6 N–H and O–H groups in total. The maximum Gasteiger partial charge on any atom is 0.254 e. The second-order valence-corrected chi connectivity index (χ2v) is 8.74. The molecule has 1 fully saturated rings. The van der Waals surface area contributed by atoms with Gasteiger partial charge in [-0.05, 0) is 56.3 Å². The van der Waals surface area contributed by atoms with E-state index in [1.54, 1.807) is 11.8 Å². The van der Waals surface area contributed by atoms with Gasteiger partial charge in [0.25, 0.3) is 11.8 Å². The van der Waals surface area contributed by atoms with Crippen LogP contribution in [0.4, 0.5) is 5.82 Å². The van der Waals surface area contributed by atoms with Crippen molar-refractivity contribution in [3.8, 4) is 11.3 Å². The zero-order valence-corrected chi connectivity index (χ0v) is 19.5. The van der Waals surface area contributed by atoms with Gasteiger partial charge in [0.15, 0.2) is 0 Å². The Balaban J connectivity index is 1.48. The van der Waals surface area contributed by atoms with Crippen LogP contribution in [0, 0.1) is 5.92 Å². The lowest BCUT2D eigenvalue weighted by molar-refractivity contribution is -0.118. The lowest BCUT2D eigenvalue weighted by Crippen LogP contribution is -2.32. The Kier molecular flexibility index (Phi) is 7.32. The SMILES string of the molecule is COC1=C(C(=O)NCc2ccc(-c3nn(C[C@@H]4CCCNC4)c(N)c3C(N)=O)cc2)CCC=C1. The summed E-state index contributed by atoms with van der Waals surface area (Å²) in [7, 11) is 1.57. The highest BCUT2D eigenvalue weighted by atomic mass is 16.5. The van der Waals surface area contributed by atoms with Crippen molar-refractivity contribution in [1.29, 1.82) is 0 Å². The fourth-order valence-corrected chi connectivity index (χ4v) is 4.51. The molecular weight excluding hydrogens is 432 g/mol. The summed E-state index contributed by atoms with van der Waals surface area (Å²) in [6, 6.07) is 7.52. The largest absolute Gasteiger partial charge is 0.496 e. The van der Waals surface area contributed by atoms with E-state index in [2.05, 4.69) is 15.7 Å². The number of carbonyl (C=O) groups excluding carboxylic acids is 2. The first-order valence-corrected chi connectivity index (χ1v) is 11.7. The molecule has 0 unspecified atom stereocenters. The van der Waals surface area contributed by atoms with Crippen LogP contribution in [0.15, 0.2) is 47.7 Å². The molecule has 2 amide bonds. The second-order valence-electron chi connectivity index (χ2n) is 8.74. The van der Waals surface area contributed by atoms with Crippen LogP contribution in [0.5, 0.6) is 0 Å². The van der Waals surface area contributed by atoms with Gasteiger partial charge < -0.3 is 26.8 Å². The minimum atomic E-state index is -0.597. The Bertz CT molecular complexity index is 1110. The molecule has 1 aliphatic carbocycles. The lowest BCUT2D eigenvalue weighted by atomic mass is 10.00. The summed E-state index contributed by atoms with van der Waals surface area (Å²) < 4.78 is 7.00. The van der Waals surface area contributed by atoms with Gasteiger partial charge >= 0.3 is 0 Å². The summed E-state index contributed by atoms with van der Waals surface area (Å²) in [6.45, 7) is 2.94. The van der Waals surface area contributed by atoms with Gasteiger partial charge in [-0.25, -0.2) is 4.68 Å². The molecule has 4 rings (SSSR count). The number of methoxy groups -OCH3 is 1. The topological polar surface area (TPSA) is 137 Å². The molecule has 0 spiro atoms. The molecule has 1 aromatic heterocycles. The zero-order valence-electron chi connectivity index (χ0n) is 19.5. The minimum absolute atomic E-state index is 0.134. The van der Waals surface area contributed by atoms with E-state index in [1.807, 2.05) is 36.4 Å². The van der Waals surface area contributed by atoms with E-state index in [0.717, 1.165) is 43.5 Å². The van der Waals surface area contributed by atoms with E-state index in [1.165, 1.54) is 0 Å². The summed E-state index contributed by atoms with van der Waals surface area (Å²) in [6.07, 6.45) is 7.50. The predicted octanol–water partition coefficient (Wildman–Crippen LogP) is 2.10. The number of nitrogens with one attached hydrogen (secondary N) is 2. The molecule has 1 aliphatic heterocycles. The summed E-state index contributed by atoms with van der Waals surface area (Å²) >= 11 is 0. The Labute approximate surface area is 199 Å². The predicted molar refractivity (Wildman–Crippen MR) is 130 cm³/mol. The first kappa shape index (κ1) is 23.6. The van der Waals surface area contributed by atoms with E-state index in [-0.39, 0.29) is 11.5 Å². The van der Waals surface area contributed by atoms with Crippen LogP contribution in [0.2, 0.25) is 0 Å². The van der Waals surface area contributed by atoms with E-state index in [9.17, 15) is 9.59 Å². The Hall–Kier alpha value is -3.59. The summed E-state index contributed by atoms with van der Waals surface area (Å²) in [5.74, 6) is 0.581. The van der Waals surface area contributed by atoms with Crippen molar-refractivity contribution in [3.63, 3.8) is 0 Å². The van der Waals surface area contributed by atoms with Gasteiger partial charge in [-0.1, -0.05) is 30.3 Å². The molecule has 9 heteroatoms. The molecule has 2 heterocycles. The van der Waals surface area contributed by atoms with Gasteiger partial charge in [0.05, 0.1) is 12.7 Å². The number of aromatic nitrogens is 2. The maximum absolute atomic E-state index is 12.6. The van der Waals surface area contributed by atoms with Crippen molar-refractivity contribution < 1.29 is 14.3 Å². The molecule has 180 valence electrons. The standard InChI is InChI=1S/C25H32N6O3/c1-34-20-7-3-2-6-19(20)25(33)29-14-16-8-10-18(11-9-16)22-21(24(27)32)23(26)31(30-22)15-17-5-4-12-28-13-17/h3,7-11,17,28H,2,4-6,12-15,26H2,1H3,(H2,27,32)(H,29,33)/t17-/m1/s1. The van der Waals surface area contributed by atoms with Crippen LogP contribution in [-0.4, -0.2) is 41.8 Å². The first-order chi connectivity index (χ1) is 16.5. The van der Waals surface area contributed by atoms with Gasteiger partial charge in [-0.2, -0.15) is 5.10 Å². The first-order valence-electron chi connectivity index (χ1n) is 11.7. The minimum Gasteiger partial charge on any atom is -0.496 e. The molecule has 9 nitrogen and oxygen atoms in total. The fraction of sp³-hybridized carbons (Fsp3) is 0.400. The number of nitrogens with two attached hydrogens (primary N) is 2. The molecule has 1 atom stereocenters. The Morgan fingerprint density at radius 3 is 2.76 bits per heavy atom. The average molecular weight is 465 g/mol. The van der Waals surface area contributed by atoms with Gasteiger partial charge in [0.2, 0.25) is 0 Å². The number of amides is 2. The third-order valence-corrected chi connectivity index (χ3v) is 6.37. The van der Waals surface area contributed by atoms with Gasteiger partial charge in [0, 0.05) is 18.7 Å². The van der Waals surface area contributed by atoms with Crippen LogP contribution < -0.4 is 22.1 Å². The molecule has 2 aliphatic rings. The van der Waals surface area contributed by atoms with Crippen molar-refractivity contribution in [1.82, 2.24) is 20.4 Å². The number of nitrogens with zero attached hydrogens (tertiary/aromatic N) is 2. The van der Waals surface area contributed by atoms with Crippen LogP contribution in [0.1, 0.15) is 41.6 Å². The van der Waals surface area contributed by atoms with Gasteiger partial charge in [0.1, 0.15) is 22.8 Å². The molecule has 34 heavy (non-hydrogen) atoms. The second kappa shape index (κ2) is 10.6. The van der Waals surface area contributed by atoms with Crippen LogP contribution in [0.25, 0.3) is 11.3 Å². The van der Waals surface area contributed by atoms with Crippen molar-refractivity contribution in [2.45, 2.75) is 38.8 Å². The van der Waals surface area contributed by atoms with Crippen molar-refractivity contribution >= 4 is 17.6 Å². The van der Waals surface area contributed by atoms with E-state index in [4.69, 9.17) is 16.2 Å². The summed E-state index contributed by atoms with van der Waals surface area (Å²) in [4.78, 5) is 24.8. The smallest absolute Gasteiger partial charge is 0.254 e. The van der Waals surface area contributed by atoms with Gasteiger partial charge in [-0.15, -0.1) is 0 Å². The van der Waals surface area contributed by atoms with Crippen LogP contribution >= 0.6 is 0 Å². The normalized spacial score (nSPS) is 18.1. The number of allylic oxidation sites excluding steroid dienone is 2. The Morgan fingerprint density at radius 1 is 1.29 bits per heavy atom. The molecular formula is C25H32N6O3. The number of ether oxygens (including phenoxy) is 1. The number of anilines is 1. The molecule has 0 radical (unpaired) electrons. The van der Waals surface area contributed by atoms with Crippen LogP contribution in [-0.2, 0) is 22.6 Å². The molecule has 0 saturated carbocycles. The van der Waals surface area contributed by atoms with Gasteiger partial charge in [-0.3, -0.25) is 9.59 Å². The average Bonchev–Trinajstić information content (AvgIpc) is 3.19. The summed E-state index contributed by atoms with van der Waals surface area (Å²) in [5, 5.41) is 11.0. The third kappa shape index (κ3) is 5.14. The highest BCUT2D eigenvalue weighted by Crippen LogP contribution is 2.28. The number of rotatable bonds is 8. The fourth-order valence-electron chi connectivity index (χ4n) is 4.51. The maximum atomic E-state index is 12.6. The zero-order chi connectivity index (χ0) is 24.1. The Morgan fingerprint density at radius 2 is 2.09 bits per heavy atom. The number of hydrogen-bond acceptors (Lipinski definition) is 6. The molecule has 2 aromatic rings. The van der Waals surface area contributed by atoms with E-state index >= 15 is 0 Å². The van der Waals surface area contributed by atoms with Crippen molar-refractivity contribution in [2.24, 2.45) is 11.7 Å². The molecule has 0 bridgehead atoms. The number of piperidine rings is 1. The van der Waals surface area contributed by atoms with E-state index in [0.29, 0.717) is 48.3 Å².